The molecule has 2 aromatic heterocycles. The maximum Gasteiger partial charge on any atom is 0.309 e. The maximum absolute atomic E-state index is 13.5. The minimum atomic E-state index is -0.791. The Kier molecular flexibility index (Phi) is 7.39. The fourth-order valence-corrected chi connectivity index (χ4v) is 4.92. The molecule has 0 unspecified atom stereocenters. The summed E-state index contributed by atoms with van der Waals surface area (Å²) in [4.78, 5) is 46.3. The van der Waals surface area contributed by atoms with Crippen LogP contribution in [0.3, 0.4) is 0 Å². The van der Waals surface area contributed by atoms with Gasteiger partial charge in [0.2, 0.25) is 0 Å². The molecule has 11 nitrogen and oxygen atoms in total. The first-order chi connectivity index (χ1) is 20.5. The van der Waals surface area contributed by atoms with E-state index in [-0.39, 0.29) is 19.0 Å². The van der Waals surface area contributed by atoms with E-state index < -0.39 is 17.4 Å². The second-order valence-corrected chi connectivity index (χ2v) is 10.6. The molecule has 2 heterocycles. The van der Waals surface area contributed by atoms with Gasteiger partial charge in [0.05, 0.1) is 18.7 Å². The zero-order chi connectivity index (χ0) is 29.1. The normalized spacial score (nSPS) is 15.4. The van der Waals surface area contributed by atoms with Crippen molar-refractivity contribution in [2.75, 3.05) is 13.7 Å². The number of carbonyl (C=O) groups excluding carboxylic acids is 3. The molecule has 0 radical (unpaired) electrons. The number of hydrogen-bond donors (Lipinski definition) is 3. The van der Waals surface area contributed by atoms with Crippen LogP contribution < -0.4 is 20.7 Å². The lowest BCUT2D eigenvalue weighted by Crippen LogP contribution is -2.40. The maximum atomic E-state index is 13.5. The van der Waals surface area contributed by atoms with Gasteiger partial charge in [0.15, 0.2) is 5.82 Å². The number of carbonyl (C=O) groups is 3. The smallest absolute Gasteiger partial charge is 0.309 e. The molecule has 0 atom stereocenters. The zero-order valence-electron chi connectivity index (χ0n) is 23.2. The van der Waals surface area contributed by atoms with E-state index in [2.05, 4.69) is 38.2 Å². The Morgan fingerprint density at radius 1 is 1.05 bits per heavy atom. The van der Waals surface area contributed by atoms with E-state index in [1.54, 1.807) is 62.0 Å². The van der Waals surface area contributed by atoms with Gasteiger partial charge in [-0.1, -0.05) is 24.3 Å². The molecule has 3 amide bonds. The summed E-state index contributed by atoms with van der Waals surface area (Å²) in [7, 11) is 1.63. The highest BCUT2D eigenvalue weighted by Gasteiger charge is 2.46. The summed E-state index contributed by atoms with van der Waals surface area (Å²) in [5.74, 6) is -0.624. The van der Waals surface area contributed by atoms with E-state index in [9.17, 15) is 14.4 Å². The van der Waals surface area contributed by atoms with Crippen molar-refractivity contribution in [1.29, 1.82) is 0 Å². The molecular formula is C31H31N7O4. The van der Waals surface area contributed by atoms with Gasteiger partial charge in [0, 0.05) is 42.6 Å². The fourth-order valence-electron chi connectivity index (χ4n) is 4.92. The largest absolute Gasteiger partial charge is 0.494 e. The standard InChI is InChI=1S/C31H31N7O4/c1-42-25-17-22(16-21-19-38(23-9-10-23)37-27(21)25)31(11-12-31)36-28(39)24-7-3-2-6-20(24)18-35-30(41)29(40)34-13-4-8-26-32-14-5-15-33-26/h2-8,14-17,19,23H,9-13,18H2,1H3,(H,34,40)(H,35,41)(H,36,39)/b8-4+. The predicted molar refractivity (Wildman–Crippen MR) is 155 cm³/mol. The molecule has 2 aromatic carbocycles. The summed E-state index contributed by atoms with van der Waals surface area (Å²) in [6.45, 7) is 0.167. The van der Waals surface area contributed by atoms with Crippen LogP contribution in [0.2, 0.25) is 0 Å². The molecule has 214 valence electrons. The zero-order valence-corrected chi connectivity index (χ0v) is 23.2. The van der Waals surface area contributed by atoms with E-state index in [1.165, 1.54) is 0 Å². The number of methoxy groups -OCH3 is 1. The van der Waals surface area contributed by atoms with E-state index in [1.807, 2.05) is 10.7 Å². The first kappa shape index (κ1) is 27.1. The second-order valence-electron chi connectivity index (χ2n) is 10.6. The predicted octanol–water partition coefficient (Wildman–Crippen LogP) is 3.03. The molecule has 0 bridgehead atoms. The minimum absolute atomic E-state index is 0.0245. The van der Waals surface area contributed by atoms with Gasteiger partial charge in [0.25, 0.3) is 5.91 Å². The average Bonchev–Trinajstić information content (AvgIpc) is 3.96. The number of rotatable bonds is 10. The van der Waals surface area contributed by atoms with Crippen molar-refractivity contribution < 1.29 is 19.1 Å². The summed E-state index contributed by atoms with van der Waals surface area (Å²) in [6.07, 6.45) is 12.5. The molecule has 42 heavy (non-hydrogen) atoms. The van der Waals surface area contributed by atoms with Crippen molar-refractivity contribution in [3.05, 3.63) is 89.6 Å². The van der Waals surface area contributed by atoms with Gasteiger partial charge in [-0.3, -0.25) is 19.1 Å². The van der Waals surface area contributed by atoms with Crippen LogP contribution in [-0.2, 0) is 21.7 Å². The number of hydrogen-bond acceptors (Lipinski definition) is 7. The number of fused-ring (bicyclic) bond motifs is 1. The number of nitrogens with zero attached hydrogens (tertiary/aromatic N) is 4. The van der Waals surface area contributed by atoms with Crippen molar-refractivity contribution in [2.45, 2.75) is 43.8 Å². The Morgan fingerprint density at radius 2 is 1.81 bits per heavy atom. The summed E-state index contributed by atoms with van der Waals surface area (Å²) in [6, 6.07) is 13.3. The summed E-state index contributed by atoms with van der Waals surface area (Å²) < 4.78 is 7.68. The molecule has 0 aliphatic heterocycles. The van der Waals surface area contributed by atoms with E-state index >= 15 is 0 Å². The van der Waals surface area contributed by atoms with Crippen LogP contribution in [0.15, 0.2) is 67.1 Å². The highest BCUT2D eigenvalue weighted by molar-refractivity contribution is 6.35. The van der Waals surface area contributed by atoms with Crippen molar-refractivity contribution in [3.8, 4) is 5.75 Å². The molecule has 11 heteroatoms. The highest BCUT2D eigenvalue weighted by Crippen LogP contribution is 2.48. The number of nitrogens with one attached hydrogen (secondary N) is 3. The van der Waals surface area contributed by atoms with Crippen molar-refractivity contribution >= 4 is 34.7 Å². The van der Waals surface area contributed by atoms with Crippen LogP contribution in [0.5, 0.6) is 5.75 Å². The molecule has 0 spiro atoms. The number of aromatic nitrogens is 4. The summed E-state index contributed by atoms with van der Waals surface area (Å²) in [5.41, 5.74) is 2.33. The van der Waals surface area contributed by atoms with Crippen LogP contribution >= 0.6 is 0 Å². The fraction of sp³-hybridized carbons (Fsp3) is 0.290. The Morgan fingerprint density at radius 3 is 2.55 bits per heavy atom. The molecule has 2 aliphatic carbocycles. The van der Waals surface area contributed by atoms with Crippen LogP contribution in [0.4, 0.5) is 0 Å². The summed E-state index contributed by atoms with van der Waals surface area (Å²) >= 11 is 0. The molecular weight excluding hydrogens is 534 g/mol. The van der Waals surface area contributed by atoms with Crippen LogP contribution in [0.1, 0.15) is 59.0 Å². The Bertz CT molecular complexity index is 1670. The average molecular weight is 566 g/mol. The first-order valence-electron chi connectivity index (χ1n) is 13.9. The topological polar surface area (TPSA) is 140 Å². The quantitative estimate of drug-likeness (QED) is 0.251. The van der Waals surface area contributed by atoms with E-state index in [0.717, 1.165) is 42.1 Å². The van der Waals surface area contributed by atoms with Gasteiger partial charge in [-0.05, 0) is 67.2 Å². The molecule has 0 saturated heterocycles. The molecule has 4 aromatic rings. The minimum Gasteiger partial charge on any atom is -0.494 e. The lowest BCUT2D eigenvalue weighted by Gasteiger charge is -2.20. The molecule has 2 fully saturated rings. The Hall–Kier alpha value is -5.06. The monoisotopic (exact) mass is 565 g/mol. The summed E-state index contributed by atoms with van der Waals surface area (Å²) in [5, 5.41) is 14.1. The second kappa shape index (κ2) is 11.4. The number of amides is 3. The van der Waals surface area contributed by atoms with Crippen molar-refractivity contribution in [1.82, 2.24) is 35.7 Å². The number of ether oxygens (including phenoxy) is 1. The molecule has 2 saturated carbocycles. The van der Waals surface area contributed by atoms with Gasteiger partial charge in [-0.2, -0.15) is 5.10 Å². The van der Waals surface area contributed by atoms with Crippen molar-refractivity contribution in [2.24, 2.45) is 0 Å². The third-order valence-electron chi connectivity index (χ3n) is 7.53. The third-order valence-corrected chi connectivity index (χ3v) is 7.53. The van der Waals surface area contributed by atoms with E-state index in [4.69, 9.17) is 9.84 Å². The lowest BCUT2D eigenvalue weighted by molar-refractivity contribution is -0.139. The third kappa shape index (κ3) is 5.85. The van der Waals surface area contributed by atoms with Gasteiger partial charge in [-0.25, -0.2) is 9.97 Å². The van der Waals surface area contributed by atoms with Crippen LogP contribution in [0, 0.1) is 0 Å². The van der Waals surface area contributed by atoms with Gasteiger partial charge in [0.1, 0.15) is 11.3 Å². The highest BCUT2D eigenvalue weighted by atomic mass is 16.5. The van der Waals surface area contributed by atoms with Crippen molar-refractivity contribution in [3.63, 3.8) is 0 Å². The molecule has 3 N–H and O–H groups in total. The first-order valence-corrected chi connectivity index (χ1v) is 13.9. The Labute approximate surface area is 242 Å². The van der Waals surface area contributed by atoms with Gasteiger partial charge < -0.3 is 20.7 Å². The van der Waals surface area contributed by atoms with Crippen LogP contribution in [-0.4, -0.2) is 51.1 Å². The molecule has 6 rings (SSSR count). The van der Waals surface area contributed by atoms with E-state index in [0.29, 0.717) is 28.7 Å². The SMILES string of the molecule is COc1cc(C2(NC(=O)c3ccccc3CNC(=O)C(=O)NC/C=C/c3ncccn3)CC2)cc2cn(C3CC3)nc12. The Balaban J connectivity index is 1.09. The lowest BCUT2D eigenvalue weighted by atomic mass is 10.0. The van der Waals surface area contributed by atoms with Crippen LogP contribution in [0.25, 0.3) is 17.0 Å². The number of benzene rings is 2. The van der Waals surface area contributed by atoms with Gasteiger partial charge in [-0.15, -0.1) is 0 Å². The molecule has 2 aliphatic rings. The van der Waals surface area contributed by atoms with Gasteiger partial charge >= 0.3 is 11.8 Å².